The summed E-state index contributed by atoms with van der Waals surface area (Å²) in [6, 6.07) is 13.5. The summed E-state index contributed by atoms with van der Waals surface area (Å²) >= 11 is 6.49. The van der Waals surface area contributed by atoms with Gasteiger partial charge in [-0.3, -0.25) is 14.9 Å². The highest BCUT2D eigenvalue weighted by molar-refractivity contribution is 6.31. The second-order valence-corrected chi connectivity index (χ2v) is 8.67. The number of hydrogen-bond donors (Lipinski definition) is 3. The van der Waals surface area contributed by atoms with Gasteiger partial charge in [0.1, 0.15) is 23.2 Å². The molecule has 1 unspecified atom stereocenters. The average Bonchev–Trinajstić information content (AvgIpc) is 3.25. The van der Waals surface area contributed by atoms with Crippen molar-refractivity contribution in [3.05, 3.63) is 94.0 Å². The summed E-state index contributed by atoms with van der Waals surface area (Å²) in [4.78, 5) is 38.3. The Morgan fingerprint density at radius 2 is 1.95 bits per heavy atom. The van der Waals surface area contributed by atoms with Crippen molar-refractivity contribution in [3.8, 4) is 0 Å². The third kappa shape index (κ3) is 5.05. The van der Waals surface area contributed by atoms with Gasteiger partial charge in [0.2, 0.25) is 5.96 Å². The lowest BCUT2D eigenvalue weighted by molar-refractivity contribution is -0.113. The zero-order valence-electron chi connectivity index (χ0n) is 19.7. The summed E-state index contributed by atoms with van der Waals surface area (Å²) in [5.74, 6) is -0.586. The van der Waals surface area contributed by atoms with Crippen molar-refractivity contribution in [3.63, 3.8) is 0 Å². The van der Waals surface area contributed by atoms with E-state index < -0.39 is 17.8 Å². The third-order valence-corrected chi connectivity index (χ3v) is 6.01. The molecule has 1 aliphatic heterocycles. The summed E-state index contributed by atoms with van der Waals surface area (Å²) < 4.78 is 19.1. The molecule has 4 aromatic rings. The zero-order chi connectivity index (χ0) is 26.1. The molecular weight excluding hydrogens is 499 g/mol. The summed E-state index contributed by atoms with van der Waals surface area (Å²) in [5, 5.41) is 9.17. The summed E-state index contributed by atoms with van der Waals surface area (Å²) in [6.45, 7) is 3.15. The van der Waals surface area contributed by atoms with Crippen LogP contribution in [0, 0.1) is 5.82 Å². The van der Waals surface area contributed by atoms with Gasteiger partial charge in [0, 0.05) is 34.1 Å². The minimum absolute atomic E-state index is 0.0932. The second-order valence-electron chi connectivity index (χ2n) is 8.26. The maximum absolute atomic E-state index is 13.5. The number of oxazole rings is 1. The van der Waals surface area contributed by atoms with Gasteiger partial charge in [0.15, 0.2) is 11.4 Å². The average molecular weight is 519 g/mol. The predicted molar refractivity (Wildman–Crippen MR) is 138 cm³/mol. The molecule has 3 N–H and O–H groups in total. The van der Waals surface area contributed by atoms with Gasteiger partial charge in [-0.25, -0.2) is 14.4 Å². The Bertz CT molecular complexity index is 1610. The van der Waals surface area contributed by atoms with Crippen LogP contribution in [0.1, 0.15) is 35.8 Å². The number of guanidine groups is 1. The number of benzene rings is 2. The van der Waals surface area contributed by atoms with E-state index >= 15 is 0 Å². The van der Waals surface area contributed by atoms with Crippen molar-refractivity contribution >= 4 is 52.2 Å². The number of pyridine rings is 1. The van der Waals surface area contributed by atoms with Crippen molar-refractivity contribution in [2.45, 2.75) is 19.9 Å². The Hall–Kier alpha value is -4.57. The van der Waals surface area contributed by atoms with E-state index in [1.54, 1.807) is 37.3 Å². The molecule has 37 heavy (non-hydrogen) atoms. The van der Waals surface area contributed by atoms with E-state index in [1.165, 1.54) is 37.4 Å². The van der Waals surface area contributed by atoms with Gasteiger partial charge in [0.25, 0.3) is 5.91 Å². The number of carbonyl (C=O) groups excluding carboxylic acids is 2. The molecular formula is C26H20ClFN6O3. The molecule has 3 heterocycles. The van der Waals surface area contributed by atoms with Crippen LogP contribution < -0.4 is 16.0 Å². The topological polar surface area (TPSA) is 122 Å². The largest absolute Gasteiger partial charge is 0.423 e. The van der Waals surface area contributed by atoms with Gasteiger partial charge >= 0.3 is 6.01 Å². The first kappa shape index (κ1) is 24.1. The maximum atomic E-state index is 13.5. The molecule has 186 valence electrons. The van der Waals surface area contributed by atoms with Crippen molar-refractivity contribution in [1.82, 2.24) is 15.3 Å². The van der Waals surface area contributed by atoms with E-state index in [4.69, 9.17) is 16.0 Å². The molecule has 1 amide bonds. The number of hydrogen-bond acceptors (Lipinski definition) is 8. The Labute approximate surface area is 215 Å². The van der Waals surface area contributed by atoms with Crippen LogP contribution in [0.3, 0.4) is 0 Å². The van der Waals surface area contributed by atoms with Crippen LogP contribution in [0.2, 0.25) is 5.02 Å². The number of carbonyl (C=O) groups is 2. The first-order valence-corrected chi connectivity index (χ1v) is 11.6. The lowest BCUT2D eigenvalue weighted by Crippen LogP contribution is -2.37. The van der Waals surface area contributed by atoms with Gasteiger partial charge < -0.3 is 15.1 Å². The number of fused-ring (bicyclic) bond motifs is 1. The van der Waals surface area contributed by atoms with Crippen molar-refractivity contribution in [2.75, 3.05) is 10.6 Å². The number of anilines is 2. The van der Waals surface area contributed by atoms with Gasteiger partial charge in [0.05, 0.1) is 5.57 Å². The molecule has 0 aliphatic carbocycles. The first-order chi connectivity index (χ1) is 17.8. The van der Waals surface area contributed by atoms with Crippen LogP contribution in [0.15, 0.2) is 81.5 Å². The summed E-state index contributed by atoms with van der Waals surface area (Å²) in [6.07, 6.45) is 1.45. The Kier molecular flexibility index (Phi) is 6.41. The highest BCUT2D eigenvalue weighted by Gasteiger charge is 2.31. The van der Waals surface area contributed by atoms with Crippen molar-refractivity contribution in [1.29, 1.82) is 0 Å². The highest BCUT2D eigenvalue weighted by atomic mass is 35.5. The molecule has 1 atom stereocenters. The predicted octanol–water partition coefficient (Wildman–Crippen LogP) is 5.24. The minimum atomic E-state index is -0.796. The molecule has 5 rings (SSSR count). The van der Waals surface area contributed by atoms with E-state index in [-0.39, 0.29) is 29.2 Å². The Morgan fingerprint density at radius 1 is 1.14 bits per heavy atom. The number of ketones is 1. The fourth-order valence-electron chi connectivity index (χ4n) is 3.91. The molecule has 9 nitrogen and oxygen atoms in total. The number of halogens is 2. The van der Waals surface area contributed by atoms with Crippen molar-refractivity contribution in [2.24, 2.45) is 4.99 Å². The molecule has 11 heteroatoms. The van der Waals surface area contributed by atoms with Gasteiger partial charge in [-0.05, 0) is 44.2 Å². The van der Waals surface area contributed by atoms with E-state index in [0.29, 0.717) is 32.9 Å². The SMILES string of the molecule is CC(=O)c1ccnc(NC(=O)C2=C(C)NC(Nc3nc4ccc(F)cc4o3)=NC2c2ccccc2Cl)c1. The van der Waals surface area contributed by atoms with E-state index in [9.17, 15) is 14.0 Å². The number of allylic oxidation sites excluding steroid dienone is 1. The number of aliphatic imine (C=N–C) groups is 1. The number of nitrogens with one attached hydrogen (secondary N) is 3. The monoisotopic (exact) mass is 518 g/mol. The summed E-state index contributed by atoms with van der Waals surface area (Å²) in [5.41, 5.74) is 2.55. The minimum Gasteiger partial charge on any atom is -0.423 e. The second kappa shape index (κ2) is 9.82. The Morgan fingerprint density at radius 3 is 2.73 bits per heavy atom. The molecule has 0 saturated carbocycles. The number of Topliss-reactive ketones (excluding diaryl/α,β-unsaturated/α-hetero) is 1. The summed E-state index contributed by atoms with van der Waals surface area (Å²) in [7, 11) is 0. The molecule has 2 aromatic heterocycles. The lowest BCUT2D eigenvalue weighted by Gasteiger charge is -2.26. The Balaban J connectivity index is 1.48. The van der Waals surface area contributed by atoms with Gasteiger partial charge in [-0.2, -0.15) is 4.98 Å². The number of amides is 1. The first-order valence-electron chi connectivity index (χ1n) is 11.2. The smallest absolute Gasteiger partial charge is 0.302 e. The molecule has 1 aliphatic rings. The van der Waals surface area contributed by atoms with Gasteiger partial charge in [-0.15, -0.1) is 0 Å². The normalized spacial score (nSPS) is 15.2. The molecule has 0 radical (unpaired) electrons. The molecule has 0 fully saturated rings. The van der Waals surface area contributed by atoms with Crippen LogP contribution in [-0.4, -0.2) is 27.6 Å². The number of rotatable bonds is 5. The number of nitrogens with zero attached hydrogens (tertiary/aromatic N) is 3. The van der Waals surface area contributed by atoms with Crippen LogP contribution in [-0.2, 0) is 4.79 Å². The highest BCUT2D eigenvalue weighted by Crippen LogP contribution is 2.35. The molecule has 0 spiro atoms. The maximum Gasteiger partial charge on any atom is 0.302 e. The van der Waals surface area contributed by atoms with Crippen LogP contribution in [0.25, 0.3) is 11.1 Å². The van der Waals surface area contributed by atoms with E-state index in [2.05, 4.69) is 30.9 Å². The lowest BCUT2D eigenvalue weighted by atomic mass is 9.95. The fraction of sp³-hybridized carbons (Fsp3) is 0.115. The molecule has 0 saturated heterocycles. The number of aromatic nitrogens is 2. The van der Waals surface area contributed by atoms with Gasteiger partial charge in [-0.1, -0.05) is 29.8 Å². The standard InChI is InChI=1S/C26H20ClFN6O3/c1-13-22(24(36)32-21-11-15(14(2)35)9-10-29-21)23(17-5-3-4-6-18(17)27)33-25(30-13)34-26-31-19-8-7-16(28)12-20(19)37-26/h3-12,23H,1-2H3,(H,29,32,36)(H2,30,31,33,34). The van der Waals surface area contributed by atoms with Crippen molar-refractivity contribution < 1.29 is 18.4 Å². The van der Waals surface area contributed by atoms with Crippen LogP contribution >= 0.6 is 11.6 Å². The molecule has 0 bridgehead atoms. The molecule has 2 aromatic carbocycles. The van der Waals surface area contributed by atoms with Crippen LogP contribution in [0.4, 0.5) is 16.2 Å². The van der Waals surface area contributed by atoms with Crippen LogP contribution in [0.5, 0.6) is 0 Å². The quantitative estimate of drug-likeness (QED) is 0.309. The third-order valence-electron chi connectivity index (χ3n) is 5.67. The fourth-order valence-corrected chi connectivity index (χ4v) is 4.15. The zero-order valence-corrected chi connectivity index (χ0v) is 20.4. The van der Waals surface area contributed by atoms with E-state index in [0.717, 1.165) is 0 Å². The van der Waals surface area contributed by atoms with E-state index in [1.807, 2.05) is 0 Å².